The third kappa shape index (κ3) is 5.65. The average molecular weight is 499 g/mol. The zero-order chi connectivity index (χ0) is 24.5. The number of hydrogen-bond acceptors (Lipinski definition) is 3. The van der Waals surface area contributed by atoms with E-state index in [2.05, 4.69) is 50.5 Å². The van der Waals surface area contributed by atoms with Crippen LogP contribution in [-0.2, 0) is 6.42 Å². The van der Waals surface area contributed by atoms with E-state index in [-0.39, 0.29) is 11.3 Å². The van der Waals surface area contributed by atoms with Gasteiger partial charge in [-0.15, -0.1) is 0 Å². The van der Waals surface area contributed by atoms with Crippen molar-refractivity contribution in [2.75, 3.05) is 13.1 Å². The highest BCUT2D eigenvalue weighted by atomic mass is 35.5. The van der Waals surface area contributed by atoms with Crippen LogP contribution in [0.1, 0.15) is 61.6 Å². The van der Waals surface area contributed by atoms with Crippen molar-refractivity contribution >= 4 is 29.1 Å². The van der Waals surface area contributed by atoms with Crippen LogP contribution in [0.3, 0.4) is 0 Å². The number of halogens is 2. The minimum atomic E-state index is -0.200. The minimum Gasteiger partial charge on any atom is -0.283 e. The van der Waals surface area contributed by atoms with E-state index < -0.39 is 0 Å². The lowest BCUT2D eigenvalue weighted by Gasteiger charge is -2.26. The molecule has 3 aromatic rings. The first-order valence-corrected chi connectivity index (χ1v) is 12.6. The molecule has 7 heteroatoms. The lowest BCUT2D eigenvalue weighted by Crippen LogP contribution is -2.45. The number of hydrazine groups is 1. The van der Waals surface area contributed by atoms with Crippen LogP contribution >= 0.6 is 23.2 Å². The van der Waals surface area contributed by atoms with Crippen LogP contribution in [0, 0.1) is 12.3 Å². The topological polar surface area (TPSA) is 50.2 Å². The van der Waals surface area contributed by atoms with E-state index in [1.807, 2.05) is 18.0 Å². The van der Waals surface area contributed by atoms with Gasteiger partial charge in [-0.2, -0.15) is 5.10 Å². The van der Waals surface area contributed by atoms with Gasteiger partial charge in [0.15, 0.2) is 5.69 Å². The largest absolute Gasteiger partial charge is 0.286 e. The lowest BCUT2D eigenvalue weighted by atomic mass is 9.88. The summed E-state index contributed by atoms with van der Waals surface area (Å²) in [5, 5.41) is 7.76. The third-order valence-electron chi connectivity index (χ3n) is 6.05. The van der Waals surface area contributed by atoms with Crippen molar-refractivity contribution in [2.24, 2.45) is 5.41 Å². The zero-order valence-corrected chi connectivity index (χ0v) is 21.8. The average Bonchev–Trinajstić information content (AvgIpc) is 3.11. The zero-order valence-electron chi connectivity index (χ0n) is 20.3. The number of aromatic nitrogens is 2. The normalized spacial score (nSPS) is 14.9. The second-order valence-electron chi connectivity index (χ2n) is 10.3. The molecule has 2 heterocycles. The summed E-state index contributed by atoms with van der Waals surface area (Å²) < 4.78 is 1.76. The molecule has 2 aromatic carbocycles. The predicted molar refractivity (Wildman–Crippen MR) is 140 cm³/mol. The standard InChI is InChI=1S/C27H32Cl2N4O/c1-18-24(26(34)31-32-14-6-5-7-15-32)30-33(23-13-12-21(28)16-22(23)29)25(18)20-10-8-19(9-11-20)17-27(2,3)4/h8-13,16H,5-7,14-15,17H2,1-4H3,(H,31,34). The van der Waals surface area contributed by atoms with E-state index in [1.165, 1.54) is 12.0 Å². The molecule has 1 amide bonds. The Balaban J connectivity index is 1.76. The van der Waals surface area contributed by atoms with Crippen molar-refractivity contribution in [3.8, 4) is 16.9 Å². The van der Waals surface area contributed by atoms with Gasteiger partial charge in [-0.1, -0.05) is 74.7 Å². The molecule has 0 aliphatic carbocycles. The van der Waals surface area contributed by atoms with Crippen LogP contribution in [0.25, 0.3) is 16.9 Å². The maximum Gasteiger partial charge on any atom is 0.286 e. The molecular formula is C27H32Cl2N4O. The van der Waals surface area contributed by atoms with E-state index in [4.69, 9.17) is 28.3 Å². The van der Waals surface area contributed by atoms with E-state index in [0.29, 0.717) is 21.4 Å². The lowest BCUT2D eigenvalue weighted by molar-refractivity contribution is 0.0743. The highest BCUT2D eigenvalue weighted by molar-refractivity contribution is 6.35. The second-order valence-corrected chi connectivity index (χ2v) is 11.1. The van der Waals surface area contributed by atoms with Gasteiger partial charge in [-0.25, -0.2) is 9.69 Å². The first kappa shape index (κ1) is 24.8. The second kappa shape index (κ2) is 10.1. The van der Waals surface area contributed by atoms with E-state index >= 15 is 0 Å². The molecule has 1 N–H and O–H groups in total. The van der Waals surface area contributed by atoms with Gasteiger partial charge in [0.2, 0.25) is 0 Å². The summed E-state index contributed by atoms with van der Waals surface area (Å²) in [5.74, 6) is -0.200. The van der Waals surface area contributed by atoms with Crippen molar-refractivity contribution < 1.29 is 4.79 Å². The van der Waals surface area contributed by atoms with Crippen LogP contribution in [0.2, 0.25) is 10.0 Å². The molecule has 1 fully saturated rings. The van der Waals surface area contributed by atoms with Crippen molar-refractivity contribution in [2.45, 2.75) is 53.4 Å². The highest BCUT2D eigenvalue weighted by Crippen LogP contribution is 2.33. The van der Waals surface area contributed by atoms with E-state index in [0.717, 1.165) is 49.2 Å². The molecule has 0 radical (unpaired) electrons. The quantitative estimate of drug-likeness (QED) is 0.417. The molecule has 180 valence electrons. The van der Waals surface area contributed by atoms with Crippen LogP contribution < -0.4 is 5.43 Å². The fraction of sp³-hybridized carbons (Fsp3) is 0.407. The van der Waals surface area contributed by atoms with Gasteiger partial charge < -0.3 is 0 Å². The summed E-state index contributed by atoms with van der Waals surface area (Å²) in [6.45, 7) is 10.4. The van der Waals surface area contributed by atoms with Gasteiger partial charge in [0.1, 0.15) is 0 Å². The smallest absolute Gasteiger partial charge is 0.283 e. The SMILES string of the molecule is Cc1c(C(=O)NN2CCCCC2)nn(-c2ccc(Cl)cc2Cl)c1-c1ccc(CC(C)(C)C)cc1. The molecule has 0 atom stereocenters. The molecule has 1 saturated heterocycles. The summed E-state index contributed by atoms with van der Waals surface area (Å²) in [6, 6.07) is 13.8. The predicted octanol–water partition coefficient (Wildman–Crippen LogP) is 6.87. The Morgan fingerprint density at radius 3 is 2.32 bits per heavy atom. The Kier molecular flexibility index (Phi) is 7.36. The number of nitrogens with one attached hydrogen (secondary N) is 1. The van der Waals surface area contributed by atoms with Gasteiger partial charge in [-0.05, 0) is 55.4 Å². The molecule has 5 nitrogen and oxygen atoms in total. The Bertz CT molecular complexity index is 1170. The summed E-state index contributed by atoms with van der Waals surface area (Å²) in [4.78, 5) is 13.2. The fourth-order valence-corrected chi connectivity index (χ4v) is 4.96. The number of amides is 1. The summed E-state index contributed by atoms with van der Waals surface area (Å²) in [7, 11) is 0. The number of nitrogens with zero attached hydrogens (tertiary/aromatic N) is 3. The fourth-order valence-electron chi connectivity index (χ4n) is 4.47. The monoisotopic (exact) mass is 498 g/mol. The van der Waals surface area contributed by atoms with Crippen molar-refractivity contribution in [3.05, 3.63) is 69.3 Å². The Labute approximate surface area is 212 Å². The molecule has 0 bridgehead atoms. The minimum absolute atomic E-state index is 0.200. The van der Waals surface area contributed by atoms with Gasteiger partial charge in [0.25, 0.3) is 5.91 Å². The molecule has 4 rings (SSSR count). The Morgan fingerprint density at radius 1 is 1.03 bits per heavy atom. The van der Waals surface area contributed by atoms with Gasteiger partial charge in [-0.3, -0.25) is 10.2 Å². The van der Waals surface area contributed by atoms with Gasteiger partial charge in [0, 0.05) is 29.2 Å². The number of carbonyl (C=O) groups excluding carboxylic acids is 1. The number of carbonyl (C=O) groups is 1. The van der Waals surface area contributed by atoms with Crippen molar-refractivity contribution in [1.29, 1.82) is 0 Å². The molecule has 1 aliphatic heterocycles. The number of piperidine rings is 1. The highest BCUT2D eigenvalue weighted by Gasteiger charge is 2.25. The Hall–Kier alpha value is -2.34. The summed E-state index contributed by atoms with van der Waals surface area (Å²) in [6.07, 6.45) is 4.35. The molecule has 0 spiro atoms. The van der Waals surface area contributed by atoms with Gasteiger partial charge in [0.05, 0.1) is 16.4 Å². The maximum absolute atomic E-state index is 13.2. The maximum atomic E-state index is 13.2. The molecule has 0 saturated carbocycles. The van der Waals surface area contributed by atoms with E-state index in [9.17, 15) is 4.79 Å². The van der Waals surface area contributed by atoms with Crippen LogP contribution in [-0.4, -0.2) is 33.8 Å². The number of rotatable bonds is 5. The van der Waals surface area contributed by atoms with Gasteiger partial charge >= 0.3 is 0 Å². The van der Waals surface area contributed by atoms with Crippen molar-refractivity contribution in [3.63, 3.8) is 0 Å². The molecule has 1 aliphatic rings. The Morgan fingerprint density at radius 2 is 1.71 bits per heavy atom. The number of benzene rings is 2. The van der Waals surface area contributed by atoms with Crippen LogP contribution in [0.15, 0.2) is 42.5 Å². The summed E-state index contributed by atoms with van der Waals surface area (Å²) >= 11 is 12.7. The molecular weight excluding hydrogens is 467 g/mol. The number of hydrogen-bond donors (Lipinski definition) is 1. The van der Waals surface area contributed by atoms with E-state index in [1.54, 1.807) is 16.8 Å². The first-order valence-electron chi connectivity index (χ1n) is 11.8. The third-order valence-corrected chi connectivity index (χ3v) is 6.59. The summed E-state index contributed by atoms with van der Waals surface area (Å²) in [5.41, 5.74) is 8.22. The van der Waals surface area contributed by atoms with Crippen LogP contribution in [0.4, 0.5) is 0 Å². The molecule has 34 heavy (non-hydrogen) atoms. The van der Waals surface area contributed by atoms with Crippen LogP contribution in [0.5, 0.6) is 0 Å². The molecule has 0 unspecified atom stereocenters. The molecule has 1 aromatic heterocycles. The van der Waals surface area contributed by atoms with Crippen molar-refractivity contribution in [1.82, 2.24) is 20.2 Å². The first-order chi connectivity index (χ1) is 16.1.